The first-order chi connectivity index (χ1) is 7.27. The number of phenolic OH excluding ortho intramolecular Hbond substituents is 1. The molecule has 1 N–H and O–H groups in total. The second kappa shape index (κ2) is 3.61. The van der Waals surface area contributed by atoms with E-state index in [1.807, 2.05) is 6.07 Å². The van der Waals surface area contributed by atoms with Crippen molar-refractivity contribution in [2.75, 3.05) is 7.11 Å². The Bertz CT molecular complexity index is 518. The Labute approximate surface area is 86.9 Å². The highest BCUT2D eigenvalue weighted by Gasteiger charge is 2.09. The van der Waals surface area contributed by atoms with Crippen molar-refractivity contribution in [3.8, 4) is 11.5 Å². The molecule has 15 heavy (non-hydrogen) atoms. The number of carbonyl (C=O) groups is 1. The molecule has 0 atom stereocenters. The summed E-state index contributed by atoms with van der Waals surface area (Å²) in [7, 11) is 1.48. The third-order valence-corrected chi connectivity index (χ3v) is 2.36. The molecule has 2 aromatic rings. The summed E-state index contributed by atoms with van der Waals surface area (Å²) < 4.78 is 4.99. The van der Waals surface area contributed by atoms with E-state index in [1.54, 1.807) is 24.3 Å². The Morgan fingerprint density at radius 2 is 2.07 bits per heavy atom. The lowest BCUT2D eigenvalue weighted by molar-refractivity contribution is 0.112. The molecule has 0 spiro atoms. The molecule has 0 aromatic heterocycles. The molecule has 2 aromatic carbocycles. The van der Waals surface area contributed by atoms with Crippen LogP contribution in [-0.2, 0) is 0 Å². The van der Waals surface area contributed by atoms with Crippen molar-refractivity contribution in [3.63, 3.8) is 0 Å². The molecule has 3 heteroatoms. The van der Waals surface area contributed by atoms with Gasteiger partial charge in [-0.15, -0.1) is 0 Å². The Kier molecular flexibility index (Phi) is 2.29. The number of fused-ring (bicyclic) bond motifs is 1. The molecule has 0 aliphatic heterocycles. The zero-order valence-corrected chi connectivity index (χ0v) is 8.23. The minimum atomic E-state index is 0.0118. The zero-order valence-electron chi connectivity index (χ0n) is 8.23. The summed E-state index contributed by atoms with van der Waals surface area (Å²) >= 11 is 0. The number of phenols is 1. The van der Waals surface area contributed by atoms with E-state index < -0.39 is 0 Å². The normalized spacial score (nSPS) is 10.2. The second-order valence-corrected chi connectivity index (χ2v) is 3.18. The summed E-state index contributed by atoms with van der Waals surface area (Å²) in [6, 6.07) is 8.75. The molecule has 3 nitrogen and oxygen atoms in total. The largest absolute Gasteiger partial charge is 0.504 e. The molecule has 0 heterocycles. The summed E-state index contributed by atoms with van der Waals surface area (Å²) in [4.78, 5) is 10.8. The molecule has 0 radical (unpaired) electrons. The van der Waals surface area contributed by atoms with Crippen LogP contribution in [-0.4, -0.2) is 18.5 Å². The number of hydrogen-bond donors (Lipinski definition) is 1. The molecule has 0 aliphatic rings. The molecule has 0 aliphatic carbocycles. The molecule has 0 saturated carbocycles. The van der Waals surface area contributed by atoms with Crippen molar-refractivity contribution in [1.29, 1.82) is 0 Å². The molecule has 0 bridgehead atoms. The van der Waals surface area contributed by atoms with Gasteiger partial charge in [0, 0.05) is 10.9 Å². The van der Waals surface area contributed by atoms with Gasteiger partial charge in [0.25, 0.3) is 0 Å². The maximum Gasteiger partial charge on any atom is 0.166 e. The van der Waals surface area contributed by atoms with Crippen LogP contribution in [0.4, 0.5) is 0 Å². The van der Waals surface area contributed by atoms with Crippen molar-refractivity contribution in [2.24, 2.45) is 0 Å². The van der Waals surface area contributed by atoms with Crippen LogP contribution in [0.2, 0.25) is 0 Å². The standard InChI is InChI=1S/C12H10O3/c1-15-10-6-5-8-3-2-4-9(7-13)11(8)12(10)14/h2-7,14H,1H3. The molecule has 0 saturated heterocycles. The van der Waals surface area contributed by atoms with Gasteiger partial charge in [0.05, 0.1) is 7.11 Å². The number of hydrogen-bond acceptors (Lipinski definition) is 3. The lowest BCUT2D eigenvalue weighted by Gasteiger charge is -2.07. The number of aldehydes is 1. The van der Waals surface area contributed by atoms with E-state index >= 15 is 0 Å². The third-order valence-electron chi connectivity index (χ3n) is 2.36. The van der Waals surface area contributed by atoms with Gasteiger partial charge in [-0.25, -0.2) is 0 Å². The van der Waals surface area contributed by atoms with Crippen molar-refractivity contribution in [3.05, 3.63) is 35.9 Å². The predicted molar refractivity (Wildman–Crippen MR) is 57.6 cm³/mol. The van der Waals surface area contributed by atoms with Crippen LogP contribution in [0.25, 0.3) is 10.8 Å². The zero-order chi connectivity index (χ0) is 10.8. The molecule has 0 fully saturated rings. The van der Waals surface area contributed by atoms with E-state index in [1.165, 1.54) is 7.11 Å². The summed E-state index contributed by atoms with van der Waals surface area (Å²) in [6.45, 7) is 0. The van der Waals surface area contributed by atoms with Gasteiger partial charge in [0.2, 0.25) is 0 Å². The maximum atomic E-state index is 10.8. The average molecular weight is 202 g/mol. The first kappa shape index (κ1) is 9.52. The van der Waals surface area contributed by atoms with E-state index in [0.29, 0.717) is 16.7 Å². The number of benzene rings is 2. The number of ether oxygens (including phenoxy) is 1. The fourth-order valence-corrected chi connectivity index (χ4v) is 1.63. The predicted octanol–water partition coefficient (Wildman–Crippen LogP) is 2.37. The second-order valence-electron chi connectivity index (χ2n) is 3.18. The summed E-state index contributed by atoms with van der Waals surface area (Å²) in [5, 5.41) is 11.2. The fourth-order valence-electron chi connectivity index (χ4n) is 1.63. The molecule has 0 amide bonds. The Balaban J connectivity index is 2.88. The lowest BCUT2D eigenvalue weighted by atomic mass is 10.0. The minimum Gasteiger partial charge on any atom is -0.504 e. The SMILES string of the molecule is COc1ccc2cccc(C=O)c2c1O. The van der Waals surface area contributed by atoms with Gasteiger partial charge in [-0.3, -0.25) is 4.79 Å². The fraction of sp³-hybridized carbons (Fsp3) is 0.0833. The van der Waals surface area contributed by atoms with Crippen molar-refractivity contribution < 1.29 is 14.6 Å². The van der Waals surface area contributed by atoms with Gasteiger partial charge in [-0.05, 0) is 11.5 Å². The number of methoxy groups -OCH3 is 1. The van der Waals surface area contributed by atoms with Crippen LogP contribution in [0.3, 0.4) is 0 Å². The molecule has 2 rings (SSSR count). The lowest BCUT2D eigenvalue weighted by Crippen LogP contribution is -1.88. The van der Waals surface area contributed by atoms with Gasteiger partial charge in [-0.1, -0.05) is 24.3 Å². The smallest absolute Gasteiger partial charge is 0.166 e. The molecule has 0 unspecified atom stereocenters. The van der Waals surface area contributed by atoms with Gasteiger partial charge in [0.1, 0.15) is 0 Å². The summed E-state index contributed by atoms with van der Waals surface area (Å²) in [5.74, 6) is 0.384. The number of rotatable bonds is 2. The van der Waals surface area contributed by atoms with Crippen LogP contribution >= 0.6 is 0 Å². The first-order valence-corrected chi connectivity index (χ1v) is 4.52. The topological polar surface area (TPSA) is 46.5 Å². The van der Waals surface area contributed by atoms with Crippen LogP contribution in [0.1, 0.15) is 10.4 Å². The third kappa shape index (κ3) is 1.42. The van der Waals surface area contributed by atoms with E-state index in [4.69, 9.17) is 4.74 Å². The van der Waals surface area contributed by atoms with E-state index in [-0.39, 0.29) is 5.75 Å². The minimum absolute atomic E-state index is 0.0118. The average Bonchev–Trinajstić information content (AvgIpc) is 2.29. The van der Waals surface area contributed by atoms with Crippen LogP contribution in [0, 0.1) is 0 Å². The van der Waals surface area contributed by atoms with Gasteiger partial charge >= 0.3 is 0 Å². The first-order valence-electron chi connectivity index (χ1n) is 4.52. The number of carbonyl (C=O) groups excluding carboxylic acids is 1. The monoisotopic (exact) mass is 202 g/mol. The number of aromatic hydroxyl groups is 1. The van der Waals surface area contributed by atoms with Crippen LogP contribution < -0.4 is 4.74 Å². The quantitative estimate of drug-likeness (QED) is 0.760. The molecule has 76 valence electrons. The van der Waals surface area contributed by atoms with Crippen LogP contribution in [0.5, 0.6) is 11.5 Å². The van der Waals surface area contributed by atoms with Crippen molar-refractivity contribution in [1.82, 2.24) is 0 Å². The summed E-state index contributed by atoms with van der Waals surface area (Å²) in [5.41, 5.74) is 0.462. The van der Waals surface area contributed by atoms with E-state index in [9.17, 15) is 9.90 Å². The van der Waals surface area contributed by atoms with Crippen molar-refractivity contribution in [2.45, 2.75) is 0 Å². The highest BCUT2D eigenvalue weighted by Crippen LogP contribution is 2.35. The highest BCUT2D eigenvalue weighted by molar-refractivity contribution is 6.02. The Morgan fingerprint density at radius 3 is 2.73 bits per heavy atom. The van der Waals surface area contributed by atoms with Crippen LogP contribution in [0.15, 0.2) is 30.3 Å². The molecular weight excluding hydrogens is 192 g/mol. The van der Waals surface area contributed by atoms with Gasteiger partial charge in [-0.2, -0.15) is 0 Å². The Hall–Kier alpha value is -2.03. The molecular formula is C12H10O3. The Morgan fingerprint density at radius 1 is 1.27 bits per heavy atom. The van der Waals surface area contributed by atoms with E-state index in [2.05, 4.69) is 0 Å². The van der Waals surface area contributed by atoms with E-state index in [0.717, 1.165) is 11.7 Å². The van der Waals surface area contributed by atoms with Gasteiger partial charge < -0.3 is 9.84 Å². The summed E-state index contributed by atoms with van der Waals surface area (Å²) in [6.07, 6.45) is 0.724. The maximum absolute atomic E-state index is 10.8. The van der Waals surface area contributed by atoms with Crippen molar-refractivity contribution >= 4 is 17.1 Å². The van der Waals surface area contributed by atoms with Gasteiger partial charge in [0.15, 0.2) is 17.8 Å². The highest BCUT2D eigenvalue weighted by atomic mass is 16.5.